The van der Waals surface area contributed by atoms with Crippen molar-refractivity contribution in [3.63, 3.8) is 0 Å². The molecule has 2 rings (SSSR count). The number of nitrogens with two attached hydrogens (primary N) is 1. The number of hydrogen-bond donors (Lipinski definition) is 3. The number of rotatable bonds is 5. The van der Waals surface area contributed by atoms with Gasteiger partial charge in [0.05, 0.1) is 10.7 Å². The lowest BCUT2D eigenvalue weighted by atomic mass is 10.1. The molecule has 1 atom stereocenters. The van der Waals surface area contributed by atoms with Gasteiger partial charge in [0.2, 0.25) is 0 Å². The van der Waals surface area contributed by atoms with Gasteiger partial charge in [-0.2, -0.15) is 0 Å². The Balaban J connectivity index is 0.00000288. The Morgan fingerprint density at radius 2 is 1.71 bits per heavy atom. The number of carboxylic acid groups (broad SMARTS) is 1. The number of phenolic OH excluding ortho intramolecular Hbond substituents is 1. The van der Waals surface area contributed by atoms with E-state index in [9.17, 15) is 9.90 Å². The van der Waals surface area contributed by atoms with Crippen molar-refractivity contribution in [1.29, 1.82) is 0 Å². The molecule has 0 heterocycles. The van der Waals surface area contributed by atoms with Gasteiger partial charge >= 0.3 is 5.97 Å². The molecule has 2 aromatic rings. The molecule has 0 bridgehead atoms. The smallest absolute Gasteiger partial charge is 0.320 e. The molecule has 0 aliphatic carbocycles. The number of aromatic hydroxyl groups is 1. The molecule has 0 saturated carbocycles. The first kappa shape index (κ1) is 22.0. The molecule has 1 unspecified atom stereocenters. The predicted molar refractivity (Wildman–Crippen MR) is 119 cm³/mol. The van der Waals surface area contributed by atoms with Crippen LogP contribution < -0.4 is 10.5 Å². The highest BCUT2D eigenvalue weighted by Crippen LogP contribution is 2.34. The van der Waals surface area contributed by atoms with Crippen molar-refractivity contribution in [2.24, 2.45) is 5.73 Å². The first-order chi connectivity index (χ1) is 10.8. The van der Waals surface area contributed by atoms with Crippen LogP contribution in [0.15, 0.2) is 30.3 Å². The fourth-order valence-corrected chi connectivity index (χ4v) is 4.22. The summed E-state index contributed by atoms with van der Waals surface area (Å²) in [5.74, 6) is 0.514. The van der Waals surface area contributed by atoms with E-state index in [-0.39, 0.29) is 24.6 Å². The fourth-order valence-electron chi connectivity index (χ4n) is 1.82. The van der Waals surface area contributed by atoms with Crippen molar-refractivity contribution in [3.8, 4) is 17.2 Å². The highest BCUT2D eigenvalue weighted by Gasteiger charge is 2.14. The number of carbonyl (C=O) groups is 1. The van der Waals surface area contributed by atoms with Gasteiger partial charge in [0, 0.05) is 0 Å². The van der Waals surface area contributed by atoms with Crippen LogP contribution in [0.3, 0.4) is 0 Å². The average molecular weight is 693 g/mol. The van der Waals surface area contributed by atoms with E-state index in [1.807, 2.05) is 51.2 Å². The third kappa shape index (κ3) is 5.75. The molecule has 4 N–H and O–H groups in total. The molecule has 0 saturated heterocycles. The maximum Gasteiger partial charge on any atom is 0.320 e. The monoisotopic (exact) mass is 693 g/mol. The van der Waals surface area contributed by atoms with Crippen molar-refractivity contribution >= 4 is 86.1 Å². The Hall–Kier alpha value is -0.0500. The average Bonchev–Trinajstić information content (AvgIpc) is 2.47. The van der Waals surface area contributed by atoms with Crippen molar-refractivity contribution in [1.82, 2.24) is 0 Å². The van der Waals surface area contributed by atoms with E-state index in [2.05, 4.69) is 22.6 Å². The van der Waals surface area contributed by atoms with Gasteiger partial charge in [0.1, 0.15) is 23.3 Å². The van der Waals surface area contributed by atoms with E-state index in [0.29, 0.717) is 18.6 Å². The van der Waals surface area contributed by atoms with Crippen molar-refractivity contribution in [2.75, 3.05) is 0 Å². The van der Waals surface area contributed by atoms with Gasteiger partial charge in [-0.25, -0.2) is 0 Å². The molecule has 130 valence electrons. The zero-order valence-corrected chi connectivity index (χ0v) is 19.3. The Bertz CT molecular complexity index is 734. The van der Waals surface area contributed by atoms with E-state index in [0.717, 1.165) is 9.13 Å². The summed E-state index contributed by atoms with van der Waals surface area (Å²) in [7, 11) is 0. The molecule has 2 aromatic carbocycles. The Kier molecular flexibility index (Phi) is 8.79. The lowest BCUT2D eigenvalue weighted by Crippen LogP contribution is -2.32. The molecule has 0 aromatic heterocycles. The molecular weight excluding hydrogens is 680 g/mol. The van der Waals surface area contributed by atoms with Crippen LogP contribution in [-0.2, 0) is 11.2 Å². The second kappa shape index (κ2) is 9.59. The van der Waals surface area contributed by atoms with Gasteiger partial charge in [0.15, 0.2) is 0 Å². The van der Waals surface area contributed by atoms with Gasteiger partial charge in [-0.05, 0) is 104 Å². The summed E-state index contributed by atoms with van der Waals surface area (Å²) in [6.07, 6.45) is 0.265. The highest BCUT2D eigenvalue weighted by atomic mass is 127. The first-order valence-electron chi connectivity index (χ1n) is 6.40. The first-order valence-corrected chi connectivity index (χ1v) is 9.64. The molecule has 0 radical (unpaired) electrons. The summed E-state index contributed by atoms with van der Waals surface area (Å²) in [5.41, 5.74) is 6.39. The largest absolute Gasteiger partial charge is 0.506 e. The molecule has 0 aliphatic heterocycles. The van der Waals surface area contributed by atoms with Crippen molar-refractivity contribution in [3.05, 3.63) is 46.6 Å². The van der Waals surface area contributed by atoms with Crippen LogP contribution in [0, 0.1) is 10.7 Å². The summed E-state index contributed by atoms with van der Waals surface area (Å²) < 4.78 is 8.14. The van der Waals surface area contributed by atoms with Crippen LogP contribution in [0.1, 0.15) is 5.56 Å². The van der Waals surface area contributed by atoms with Crippen LogP contribution in [0.25, 0.3) is 0 Å². The number of phenols is 1. The van der Waals surface area contributed by atoms with E-state index >= 15 is 0 Å². The van der Waals surface area contributed by atoms with Crippen LogP contribution in [0.5, 0.6) is 17.2 Å². The summed E-state index contributed by atoms with van der Waals surface area (Å²) in [6, 6.07) is 8.03. The maximum atomic E-state index is 10.8. The number of carboxylic acids is 1. The van der Waals surface area contributed by atoms with Gasteiger partial charge in [-0.3, -0.25) is 4.79 Å². The Morgan fingerprint density at radius 1 is 1.12 bits per heavy atom. The Morgan fingerprint density at radius 3 is 2.21 bits per heavy atom. The standard InChI is InChI=1S/C15H12I3NO4.ClH/c16-9-3-7(4-12(19)15(21)22)1-2-13(9)23-8-5-10(17)14(20)11(18)6-8;/h1-3,5-6,12,20H,4,19H2,(H,21,22);1H/i5+1,6+1,8+1,10+1,11+1,14+1;. The lowest BCUT2D eigenvalue weighted by molar-refractivity contribution is -0.138. The van der Waals surface area contributed by atoms with Crippen molar-refractivity contribution in [2.45, 2.75) is 12.5 Å². The van der Waals surface area contributed by atoms with Crippen LogP contribution in [-0.4, -0.2) is 22.2 Å². The predicted octanol–water partition coefficient (Wildman–Crippen LogP) is 4.37. The van der Waals surface area contributed by atoms with Crippen LogP contribution >= 0.6 is 80.2 Å². The van der Waals surface area contributed by atoms with Crippen LogP contribution in [0.2, 0.25) is 0 Å². The number of ether oxygens (including phenoxy) is 1. The number of benzene rings is 2. The van der Waals surface area contributed by atoms with E-state index in [4.69, 9.17) is 15.6 Å². The molecule has 24 heavy (non-hydrogen) atoms. The number of halogens is 4. The van der Waals surface area contributed by atoms with Gasteiger partial charge in [0.25, 0.3) is 0 Å². The zero-order valence-electron chi connectivity index (χ0n) is 12.0. The minimum absolute atomic E-state index is 0. The maximum absolute atomic E-state index is 10.8. The Labute approximate surface area is 186 Å². The highest BCUT2D eigenvalue weighted by molar-refractivity contribution is 14.1. The molecule has 0 amide bonds. The third-order valence-electron chi connectivity index (χ3n) is 2.99. The van der Waals surface area contributed by atoms with Gasteiger partial charge in [-0.15, -0.1) is 12.4 Å². The van der Waals surface area contributed by atoms with E-state index in [1.54, 1.807) is 24.3 Å². The molecular formula is C15H13ClI3NO4. The third-order valence-corrected chi connectivity index (χ3v) is 5.47. The number of aliphatic carboxylic acids is 1. The van der Waals surface area contributed by atoms with E-state index in [1.165, 1.54) is 0 Å². The summed E-state index contributed by atoms with van der Waals surface area (Å²) >= 11 is 6.23. The SMILES string of the molecule is Cl.NC(Cc1ccc(O[13c]2[13cH][13c](I)[13c](O)[13c](I)[13cH]2)c(I)c1)C(=O)O. The second-order valence-electron chi connectivity index (χ2n) is 4.75. The van der Waals surface area contributed by atoms with E-state index < -0.39 is 12.0 Å². The molecule has 0 fully saturated rings. The van der Waals surface area contributed by atoms with Gasteiger partial charge < -0.3 is 20.7 Å². The minimum atomic E-state index is -1.02. The van der Waals surface area contributed by atoms with Crippen molar-refractivity contribution < 1.29 is 19.7 Å². The minimum Gasteiger partial charge on any atom is -0.506 e. The molecule has 0 spiro atoms. The fraction of sp³-hybridized carbons (Fsp3) is 0.133. The summed E-state index contributed by atoms with van der Waals surface area (Å²) in [5, 5.41) is 18.6. The lowest BCUT2D eigenvalue weighted by Gasteiger charge is -2.12. The quantitative estimate of drug-likeness (QED) is 0.405. The topological polar surface area (TPSA) is 92.8 Å². The second-order valence-corrected chi connectivity index (χ2v) is 8.24. The molecule has 0 aliphatic rings. The normalized spacial score (nSPS) is 11.5. The number of hydrogen-bond acceptors (Lipinski definition) is 4. The zero-order chi connectivity index (χ0) is 17.1. The molecule has 5 nitrogen and oxygen atoms in total. The summed E-state index contributed by atoms with van der Waals surface area (Å²) in [4.78, 5) is 10.8. The summed E-state index contributed by atoms with van der Waals surface area (Å²) in [6.45, 7) is 0. The van der Waals surface area contributed by atoms with Gasteiger partial charge in [-0.1, -0.05) is 6.07 Å². The van der Waals surface area contributed by atoms with Crippen LogP contribution in [0.4, 0.5) is 0 Å². The molecule has 9 heteroatoms.